The van der Waals surface area contributed by atoms with Gasteiger partial charge >= 0.3 is 0 Å². The maximum Gasteiger partial charge on any atom is 0.250 e. The summed E-state index contributed by atoms with van der Waals surface area (Å²) in [6.45, 7) is 0. The van der Waals surface area contributed by atoms with Crippen LogP contribution in [-0.2, 0) is 4.79 Å². The number of nitrogens with zero attached hydrogens (tertiary/aromatic N) is 4. The van der Waals surface area contributed by atoms with Gasteiger partial charge in [-0.05, 0) is 29.8 Å². The van der Waals surface area contributed by atoms with Crippen LogP contribution < -0.4 is 14.8 Å². The van der Waals surface area contributed by atoms with Crippen molar-refractivity contribution in [2.24, 2.45) is 0 Å². The number of hydrogen-bond acceptors (Lipinski definition) is 6. The van der Waals surface area contributed by atoms with Crippen molar-refractivity contribution < 1.29 is 14.3 Å². The van der Waals surface area contributed by atoms with Crippen LogP contribution in [0.25, 0.3) is 12.0 Å². The van der Waals surface area contributed by atoms with Gasteiger partial charge in [-0.2, -0.15) is 5.10 Å². The van der Waals surface area contributed by atoms with Gasteiger partial charge in [-0.3, -0.25) is 4.79 Å². The maximum atomic E-state index is 12.0. The predicted octanol–water partition coefficient (Wildman–Crippen LogP) is 2.33. The van der Waals surface area contributed by atoms with Crippen LogP contribution in [0.2, 0.25) is 0 Å². The van der Waals surface area contributed by atoms with E-state index in [1.54, 1.807) is 50.9 Å². The fourth-order valence-electron chi connectivity index (χ4n) is 2.20. The first-order valence-electron chi connectivity index (χ1n) is 7.73. The molecule has 0 radical (unpaired) electrons. The molecule has 0 atom stereocenters. The standard InChI is InChI=1S/C18H17N5O3/c1-25-15-6-4-13(10-16(15)26-2)5-7-17(24)22-14-11-19-18(20-12-14)23-9-3-8-21-23/h3-12H,1-2H3,(H,22,24)/b7-5+. The number of anilines is 1. The predicted molar refractivity (Wildman–Crippen MR) is 96.4 cm³/mol. The second-order valence-electron chi connectivity index (χ2n) is 5.16. The van der Waals surface area contributed by atoms with E-state index < -0.39 is 0 Å². The third-order valence-corrected chi connectivity index (χ3v) is 3.45. The average Bonchev–Trinajstić information content (AvgIpc) is 3.21. The molecule has 26 heavy (non-hydrogen) atoms. The molecular formula is C18H17N5O3. The molecule has 0 saturated carbocycles. The Kier molecular flexibility index (Phi) is 5.23. The normalized spacial score (nSPS) is 10.7. The van der Waals surface area contributed by atoms with Gasteiger partial charge in [0.1, 0.15) is 0 Å². The molecule has 0 aliphatic rings. The van der Waals surface area contributed by atoms with Crippen molar-refractivity contribution in [1.82, 2.24) is 19.7 Å². The molecule has 0 aliphatic carbocycles. The van der Waals surface area contributed by atoms with Gasteiger partial charge < -0.3 is 14.8 Å². The van der Waals surface area contributed by atoms with E-state index in [0.717, 1.165) is 5.56 Å². The lowest BCUT2D eigenvalue weighted by Crippen LogP contribution is -2.09. The Hall–Kier alpha value is -3.68. The molecule has 0 fully saturated rings. The summed E-state index contributed by atoms with van der Waals surface area (Å²) in [5.41, 5.74) is 1.30. The Labute approximate surface area is 150 Å². The van der Waals surface area contributed by atoms with Crippen LogP contribution in [0.4, 0.5) is 5.69 Å². The Morgan fingerprint density at radius 3 is 2.58 bits per heavy atom. The van der Waals surface area contributed by atoms with Gasteiger partial charge in [-0.15, -0.1) is 0 Å². The summed E-state index contributed by atoms with van der Waals surface area (Å²) in [5, 5.41) is 6.74. The van der Waals surface area contributed by atoms with E-state index in [1.165, 1.54) is 23.2 Å². The third kappa shape index (κ3) is 4.04. The van der Waals surface area contributed by atoms with Gasteiger partial charge in [-0.1, -0.05) is 6.07 Å². The van der Waals surface area contributed by atoms with E-state index in [-0.39, 0.29) is 5.91 Å². The second-order valence-corrected chi connectivity index (χ2v) is 5.16. The highest BCUT2D eigenvalue weighted by Crippen LogP contribution is 2.27. The molecule has 8 nitrogen and oxygen atoms in total. The van der Waals surface area contributed by atoms with Gasteiger partial charge in [-0.25, -0.2) is 14.6 Å². The van der Waals surface area contributed by atoms with E-state index in [0.29, 0.717) is 23.1 Å². The highest BCUT2D eigenvalue weighted by molar-refractivity contribution is 6.01. The summed E-state index contributed by atoms with van der Waals surface area (Å²) >= 11 is 0. The fourth-order valence-corrected chi connectivity index (χ4v) is 2.20. The summed E-state index contributed by atoms with van der Waals surface area (Å²) in [6.07, 6.45) is 9.51. The first-order valence-corrected chi connectivity index (χ1v) is 7.73. The van der Waals surface area contributed by atoms with Crippen molar-refractivity contribution in [2.75, 3.05) is 19.5 Å². The highest BCUT2D eigenvalue weighted by atomic mass is 16.5. The summed E-state index contributed by atoms with van der Waals surface area (Å²) < 4.78 is 12.0. The number of ether oxygens (including phenoxy) is 2. The lowest BCUT2D eigenvalue weighted by molar-refractivity contribution is -0.111. The molecular weight excluding hydrogens is 334 g/mol. The average molecular weight is 351 g/mol. The molecule has 0 unspecified atom stereocenters. The monoisotopic (exact) mass is 351 g/mol. The number of carbonyl (C=O) groups excluding carboxylic acids is 1. The number of amides is 1. The zero-order valence-corrected chi connectivity index (χ0v) is 14.3. The topological polar surface area (TPSA) is 91.2 Å². The van der Waals surface area contributed by atoms with Crippen molar-refractivity contribution in [3.8, 4) is 17.4 Å². The SMILES string of the molecule is COc1ccc(/C=C/C(=O)Nc2cnc(-n3cccn3)nc2)cc1OC. The van der Waals surface area contributed by atoms with Gasteiger partial charge in [0.15, 0.2) is 11.5 Å². The van der Waals surface area contributed by atoms with Crippen molar-refractivity contribution in [3.05, 3.63) is 60.7 Å². The molecule has 3 aromatic rings. The number of hydrogen-bond donors (Lipinski definition) is 1. The maximum absolute atomic E-state index is 12.0. The smallest absolute Gasteiger partial charge is 0.250 e. The Morgan fingerprint density at radius 1 is 1.15 bits per heavy atom. The van der Waals surface area contributed by atoms with Crippen LogP contribution in [0, 0.1) is 0 Å². The molecule has 0 saturated heterocycles. The molecule has 1 aromatic carbocycles. The van der Waals surface area contributed by atoms with Gasteiger partial charge in [0.2, 0.25) is 5.91 Å². The van der Waals surface area contributed by atoms with Crippen molar-refractivity contribution in [3.63, 3.8) is 0 Å². The van der Waals surface area contributed by atoms with Crippen LogP contribution in [0.1, 0.15) is 5.56 Å². The number of nitrogens with one attached hydrogen (secondary N) is 1. The Balaban J connectivity index is 1.64. The van der Waals surface area contributed by atoms with Crippen LogP contribution in [0.5, 0.6) is 11.5 Å². The zero-order chi connectivity index (χ0) is 18.4. The quantitative estimate of drug-likeness (QED) is 0.686. The lowest BCUT2D eigenvalue weighted by atomic mass is 10.2. The third-order valence-electron chi connectivity index (χ3n) is 3.45. The number of aromatic nitrogens is 4. The number of rotatable bonds is 6. The Bertz CT molecular complexity index is 905. The minimum Gasteiger partial charge on any atom is -0.493 e. The molecule has 132 valence electrons. The van der Waals surface area contributed by atoms with Gasteiger partial charge in [0.25, 0.3) is 5.95 Å². The first-order chi connectivity index (χ1) is 12.7. The van der Waals surface area contributed by atoms with Gasteiger partial charge in [0, 0.05) is 18.5 Å². The first kappa shape index (κ1) is 17.2. The highest BCUT2D eigenvalue weighted by Gasteiger charge is 2.04. The number of carbonyl (C=O) groups is 1. The summed E-state index contributed by atoms with van der Waals surface area (Å²) in [4.78, 5) is 20.4. The zero-order valence-electron chi connectivity index (χ0n) is 14.3. The van der Waals surface area contributed by atoms with E-state index in [1.807, 2.05) is 6.07 Å². The molecule has 3 rings (SSSR count). The van der Waals surface area contributed by atoms with E-state index in [9.17, 15) is 4.79 Å². The van der Waals surface area contributed by atoms with Crippen LogP contribution >= 0.6 is 0 Å². The van der Waals surface area contributed by atoms with Crippen molar-refractivity contribution >= 4 is 17.7 Å². The minimum absolute atomic E-state index is 0.296. The van der Waals surface area contributed by atoms with E-state index >= 15 is 0 Å². The van der Waals surface area contributed by atoms with Crippen LogP contribution in [0.15, 0.2) is 55.1 Å². The molecule has 1 amide bonds. The fraction of sp³-hybridized carbons (Fsp3) is 0.111. The lowest BCUT2D eigenvalue weighted by Gasteiger charge is -2.07. The van der Waals surface area contributed by atoms with Gasteiger partial charge in [0.05, 0.1) is 32.3 Å². The van der Waals surface area contributed by atoms with Crippen LogP contribution in [-0.4, -0.2) is 39.9 Å². The summed E-state index contributed by atoms with van der Waals surface area (Å²) in [5.74, 6) is 1.35. The van der Waals surface area contributed by atoms with E-state index in [4.69, 9.17) is 9.47 Å². The second kappa shape index (κ2) is 7.93. The molecule has 2 aromatic heterocycles. The molecule has 0 bridgehead atoms. The number of benzene rings is 1. The molecule has 2 heterocycles. The minimum atomic E-state index is -0.296. The van der Waals surface area contributed by atoms with Crippen LogP contribution in [0.3, 0.4) is 0 Å². The number of methoxy groups -OCH3 is 2. The van der Waals surface area contributed by atoms with Crippen molar-refractivity contribution in [2.45, 2.75) is 0 Å². The summed E-state index contributed by atoms with van der Waals surface area (Å²) in [6, 6.07) is 7.16. The molecule has 1 N–H and O–H groups in total. The molecule has 0 spiro atoms. The summed E-state index contributed by atoms with van der Waals surface area (Å²) in [7, 11) is 3.13. The van der Waals surface area contributed by atoms with E-state index in [2.05, 4.69) is 20.4 Å². The molecule has 8 heteroatoms. The largest absolute Gasteiger partial charge is 0.493 e. The Morgan fingerprint density at radius 2 is 1.92 bits per heavy atom. The van der Waals surface area contributed by atoms with Crippen molar-refractivity contribution in [1.29, 1.82) is 0 Å². The molecule has 0 aliphatic heterocycles.